The number of nitriles is 1. The molecule has 0 amide bonds. The zero-order valence-corrected chi connectivity index (χ0v) is 12.4. The van der Waals surface area contributed by atoms with E-state index in [0.717, 1.165) is 17.0 Å². The molecule has 0 aliphatic rings. The molecule has 20 heavy (non-hydrogen) atoms. The number of ether oxygens (including phenoxy) is 1. The normalized spacial score (nSPS) is 10.5. The van der Waals surface area contributed by atoms with Gasteiger partial charge < -0.3 is 10.5 Å². The predicted octanol–water partition coefficient (Wildman–Crippen LogP) is 3.37. The molecule has 1 heterocycles. The maximum absolute atomic E-state index is 9.16. The lowest BCUT2D eigenvalue weighted by atomic mass is 10.00. The summed E-state index contributed by atoms with van der Waals surface area (Å²) >= 11 is 1.53. The quantitative estimate of drug-likeness (QED) is 0.856. The Bertz CT molecular complexity index is 615. The first-order valence-corrected chi connectivity index (χ1v) is 7.31. The van der Waals surface area contributed by atoms with Gasteiger partial charge in [-0.05, 0) is 30.0 Å². The van der Waals surface area contributed by atoms with Crippen LogP contribution >= 0.6 is 11.3 Å². The van der Waals surface area contributed by atoms with E-state index in [0.29, 0.717) is 29.5 Å². The minimum Gasteiger partial charge on any atom is -0.484 e. The van der Waals surface area contributed by atoms with Crippen molar-refractivity contribution in [3.63, 3.8) is 0 Å². The zero-order valence-electron chi connectivity index (χ0n) is 11.6. The molecule has 0 saturated carbocycles. The summed E-state index contributed by atoms with van der Waals surface area (Å²) in [4.78, 5) is 4.16. The van der Waals surface area contributed by atoms with Crippen LogP contribution in [0.25, 0.3) is 0 Å². The van der Waals surface area contributed by atoms with E-state index in [1.165, 1.54) is 11.3 Å². The van der Waals surface area contributed by atoms with Crippen LogP contribution in [0.2, 0.25) is 0 Å². The minimum absolute atomic E-state index is 0.373. The van der Waals surface area contributed by atoms with Crippen molar-refractivity contribution >= 4 is 17.0 Å². The number of nitrogen functional groups attached to an aromatic ring is 1. The number of hydrogen-bond donors (Lipinski definition) is 1. The van der Waals surface area contributed by atoms with Gasteiger partial charge in [0.1, 0.15) is 23.4 Å². The standard InChI is InChI=1S/C15H17N3OS/c1-10(2)5-11-6-12(8-16)15(17)13(7-11)19-9-14-18-3-4-20-14/h3-4,6-7,10H,5,9,17H2,1-2H3. The van der Waals surface area contributed by atoms with Crippen LogP contribution in [-0.2, 0) is 13.0 Å². The first kappa shape index (κ1) is 14.4. The van der Waals surface area contributed by atoms with E-state index < -0.39 is 0 Å². The third-order valence-electron chi connectivity index (χ3n) is 2.80. The number of anilines is 1. The second-order valence-corrected chi connectivity index (χ2v) is 5.96. The minimum atomic E-state index is 0.373. The van der Waals surface area contributed by atoms with Gasteiger partial charge in [-0.15, -0.1) is 11.3 Å². The van der Waals surface area contributed by atoms with Crippen molar-refractivity contribution in [2.75, 3.05) is 5.73 Å². The number of rotatable bonds is 5. The molecular formula is C15H17N3OS. The Kier molecular flexibility index (Phi) is 4.59. The van der Waals surface area contributed by atoms with Crippen LogP contribution in [0.4, 0.5) is 5.69 Å². The Morgan fingerprint density at radius 1 is 1.45 bits per heavy atom. The van der Waals surface area contributed by atoms with E-state index >= 15 is 0 Å². The highest BCUT2D eigenvalue weighted by Gasteiger charge is 2.11. The number of nitrogens with two attached hydrogens (primary N) is 1. The first-order valence-electron chi connectivity index (χ1n) is 6.43. The van der Waals surface area contributed by atoms with Gasteiger partial charge in [0.25, 0.3) is 0 Å². The van der Waals surface area contributed by atoms with Crippen molar-refractivity contribution in [1.29, 1.82) is 5.26 Å². The molecule has 2 N–H and O–H groups in total. The van der Waals surface area contributed by atoms with Crippen molar-refractivity contribution in [3.8, 4) is 11.8 Å². The second kappa shape index (κ2) is 6.40. The molecule has 2 rings (SSSR count). The van der Waals surface area contributed by atoms with E-state index in [4.69, 9.17) is 15.7 Å². The average molecular weight is 287 g/mol. The maximum Gasteiger partial charge on any atom is 0.144 e. The fraction of sp³-hybridized carbons (Fsp3) is 0.333. The van der Waals surface area contributed by atoms with E-state index in [2.05, 4.69) is 24.9 Å². The molecule has 5 heteroatoms. The molecule has 0 saturated heterocycles. The molecule has 0 atom stereocenters. The summed E-state index contributed by atoms with van der Waals surface area (Å²) < 4.78 is 5.72. The first-order chi connectivity index (χ1) is 9.60. The molecular weight excluding hydrogens is 270 g/mol. The fourth-order valence-corrected chi connectivity index (χ4v) is 2.48. The summed E-state index contributed by atoms with van der Waals surface area (Å²) in [6.07, 6.45) is 2.63. The van der Waals surface area contributed by atoms with E-state index in [9.17, 15) is 0 Å². The lowest BCUT2D eigenvalue weighted by Gasteiger charge is -2.12. The van der Waals surface area contributed by atoms with Gasteiger partial charge in [-0.25, -0.2) is 4.98 Å². The highest BCUT2D eigenvalue weighted by atomic mass is 32.1. The van der Waals surface area contributed by atoms with Gasteiger partial charge in [-0.3, -0.25) is 0 Å². The topological polar surface area (TPSA) is 71.9 Å². The Morgan fingerprint density at radius 3 is 2.85 bits per heavy atom. The number of hydrogen-bond acceptors (Lipinski definition) is 5. The summed E-state index contributed by atoms with van der Waals surface area (Å²) in [6.45, 7) is 4.65. The van der Waals surface area contributed by atoms with E-state index in [-0.39, 0.29) is 0 Å². The molecule has 0 unspecified atom stereocenters. The molecule has 0 aliphatic carbocycles. The molecule has 0 bridgehead atoms. The smallest absolute Gasteiger partial charge is 0.144 e. The number of thiazole rings is 1. The van der Waals surface area contributed by atoms with Crippen molar-refractivity contribution in [2.45, 2.75) is 26.9 Å². The number of benzene rings is 1. The fourth-order valence-electron chi connectivity index (χ4n) is 1.95. The van der Waals surface area contributed by atoms with Gasteiger partial charge >= 0.3 is 0 Å². The van der Waals surface area contributed by atoms with Crippen LogP contribution in [0.5, 0.6) is 5.75 Å². The third kappa shape index (κ3) is 3.49. The SMILES string of the molecule is CC(C)Cc1cc(C#N)c(N)c(OCc2nccs2)c1. The molecule has 104 valence electrons. The van der Waals surface area contributed by atoms with Gasteiger partial charge in [0.2, 0.25) is 0 Å². The van der Waals surface area contributed by atoms with E-state index in [1.807, 2.05) is 17.5 Å². The molecule has 0 radical (unpaired) electrons. The Balaban J connectivity index is 2.23. The van der Waals surface area contributed by atoms with Gasteiger partial charge in [-0.1, -0.05) is 13.8 Å². The Morgan fingerprint density at radius 2 is 2.25 bits per heavy atom. The average Bonchev–Trinajstić information content (AvgIpc) is 2.91. The molecule has 0 aliphatic heterocycles. The highest BCUT2D eigenvalue weighted by Crippen LogP contribution is 2.29. The van der Waals surface area contributed by atoms with Crippen molar-refractivity contribution < 1.29 is 4.74 Å². The lowest BCUT2D eigenvalue weighted by molar-refractivity contribution is 0.307. The van der Waals surface area contributed by atoms with Gasteiger partial charge in [0.15, 0.2) is 0 Å². The van der Waals surface area contributed by atoms with E-state index in [1.54, 1.807) is 6.20 Å². The highest BCUT2D eigenvalue weighted by molar-refractivity contribution is 7.09. The van der Waals surface area contributed by atoms with Crippen molar-refractivity contribution in [1.82, 2.24) is 4.98 Å². The van der Waals surface area contributed by atoms with Crippen LogP contribution in [0.3, 0.4) is 0 Å². The summed E-state index contributed by atoms with van der Waals surface area (Å²) in [5, 5.41) is 11.9. The lowest BCUT2D eigenvalue weighted by Crippen LogP contribution is -2.03. The summed E-state index contributed by atoms with van der Waals surface area (Å²) in [5.41, 5.74) is 7.91. The summed E-state index contributed by atoms with van der Waals surface area (Å²) in [7, 11) is 0. The largest absolute Gasteiger partial charge is 0.484 e. The van der Waals surface area contributed by atoms with Gasteiger partial charge in [-0.2, -0.15) is 5.26 Å². The molecule has 2 aromatic rings. The summed E-state index contributed by atoms with van der Waals surface area (Å²) in [6, 6.07) is 5.88. The number of aromatic nitrogens is 1. The monoisotopic (exact) mass is 287 g/mol. The Labute approximate surface area is 122 Å². The zero-order chi connectivity index (χ0) is 14.5. The Hall–Kier alpha value is -2.06. The second-order valence-electron chi connectivity index (χ2n) is 4.98. The van der Waals surface area contributed by atoms with Crippen LogP contribution < -0.4 is 10.5 Å². The van der Waals surface area contributed by atoms with Crippen LogP contribution in [-0.4, -0.2) is 4.98 Å². The maximum atomic E-state index is 9.16. The predicted molar refractivity (Wildman–Crippen MR) is 80.6 cm³/mol. The third-order valence-corrected chi connectivity index (χ3v) is 3.55. The van der Waals surface area contributed by atoms with Gasteiger partial charge in [0.05, 0.1) is 11.3 Å². The molecule has 1 aromatic heterocycles. The van der Waals surface area contributed by atoms with Crippen LogP contribution in [0.1, 0.15) is 30.0 Å². The van der Waals surface area contributed by atoms with Gasteiger partial charge in [0, 0.05) is 11.6 Å². The van der Waals surface area contributed by atoms with Crippen LogP contribution in [0, 0.1) is 17.2 Å². The van der Waals surface area contributed by atoms with Crippen LogP contribution in [0.15, 0.2) is 23.7 Å². The molecule has 4 nitrogen and oxygen atoms in total. The summed E-state index contributed by atoms with van der Waals surface area (Å²) in [5.74, 6) is 1.08. The molecule has 0 spiro atoms. The van der Waals surface area contributed by atoms with Crippen molar-refractivity contribution in [2.24, 2.45) is 5.92 Å². The molecule has 1 aromatic carbocycles. The number of nitrogens with zero attached hydrogens (tertiary/aromatic N) is 2. The van der Waals surface area contributed by atoms with Crippen molar-refractivity contribution in [3.05, 3.63) is 39.8 Å². The molecule has 0 fully saturated rings.